The number of nitrogens with zero attached hydrogens (tertiary/aromatic N) is 1. The molecule has 1 saturated heterocycles. The highest BCUT2D eigenvalue weighted by Crippen LogP contribution is 2.23. The summed E-state index contributed by atoms with van der Waals surface area (Å²) in [5.74, 6) is -0.442. The maximum atomic E-state index is 12.1. The van der Waals surface area contributed by atoms with Crippen molar-refractivity contribution in [2.75, 3.05) is 19.6 Å². The van der Waals surface area contributed by atoms with Gasteiger partial charge in [-0.1, -0.05) is 0 Å². The van der Waals surface area contributed by atoms with E-state index in [0.717, 1.165) is 5.56 Å². The summed E-state index contributed by atoms with van der Waals surface area (Å²) in [5, 5.41) is 16.8. The molecule has 1 aromatic rings. The van der Waals surface area contributed by atoms with Gasteiger partial charge in [-0.05, 0) is 36.2 Å². The number of hydrogen-bond acceptors (Lipinski definition) is 4. The topological polar surface area (TPSA) is 69.6 Å². The fourth-order valence-electron chi connectivity index (χ4n) is 2.33. The molecule has 0 aromatic carbocycles. The van der Waals surface area contributed by atoms with E-state index in [0.29, 0.717) is 13.1 Å². The molecule has 2 rings (SSSR count). The fourth-order valence-corrected chi connectivity index (χ4v) is 3.11. The molecular weight excluding hydrogens is 276 g/mol. The maximum absolute atomic E-state index is 12.1. The number of likely N-dealkylation sites (tertiary alicyclic amines) is 1. The first-order valence-corrected chi connectivity index (χ1v) is 7.69. The van der Waals surface area contributed by atoms with Crippen molar-refractivity contribution in [2.24, 2.45) is 5.92 Å². The van der Waals surface area contributed by atoms with Crippen LogP contribution < -0.4 is 5.32 Å². The fraction of sp³-hybridized carbons (Fsp3) is 0.571. The second kappa shape index (κ2) is 5.93. The minimum Gasteiger partial charge on any atom is -0.384 e. The molecule has 110 valence electrons. The van der Waals surface area contributed by atoms with E-state index in [9.17, 15) is 14.7 Å². The molecule has 1 aromatic heterocycles. The van der Waals surface area contributed by atoms with Gasteiger partial charge >= 0.3 is 0 Å². The third-order valence-corrected chi connectivity index (χ3v) is 4.40. The Morgan fingerprint density at radius 2 is 2.40 bits per heavy atom. The summed E-state index contributed by atoms with van der Waals surface area (Å²) in [4.78, 5) is 25.4. The molecule has 5 nitrogen and oxygen atoms in total. The van der Waals surface area contributed by atoms with Crippen LogP contribution in [0.2, 0.25) is 0 Å². The van der Waals surface area contributed by atoms with Gasteiger partial charge in [0.25, 0.3) is 0 Å². The van der Waals surface area contributed by atoms with E-state index < -0.39 is 5.60 Å². The second-order valence-corrected chi connectivity index (χ2v) is 6.12. The van der Waals surface area contributed by atoms with Crippen molar-refractivity contribution in [3.63, 3.8) is 0 Å². The quantitative estimate of drug-likeness (QED) is 0.849. The highest BCUT2D eigenvalue weighted by molar-refractivity contribution is 7.08. The molecule has 1 fully saturated rings. The number of aliphatic hydroxyl groups is 1. The van der Waals surface area contributed by atoms with Gasteiger partial charge in [-0.25, -0.2) is 0 Å². The highest BCUT2D eigenvalue weighted by atomic mass is 32.1. The lowest BCUT2D eigenvalue weighted by molar-refractivity contribution is -0.129. The summed E-state index contributed by atoms with van der Waals surface area (Å²) in [6.07, 6.45) is 0.264. The lowest BCUT2D eigenvalue weighted by atomic mass is 9.99. The zero-order valence-corrected chi connectivity index (χ0v) is 12.6. The summed E-state index contributed by atoms with van der Waals surface area (Å²) in [5.41, 5.74) is -0.289. The summed E-state index contributed by atoms with van der Waals surface area (Å²) in [6, 6.07) is 1.84. The molecule has 2 heterocycles. The van der Waals surface area contributed by atoms with E-state index in [1.54, 1.807) is 11.8 Å². The van der Waals surface area contributed by atoms with Crippen LogP contribution in [0.25, 0.3) is 0 Å². The molecule has 1 aliphatic rings. The van der Waals surface area contributed by atoms with E-state index in [-0.39, 0.29) is 30.7 Å². The number of carbonyl (C=O) groups excluding carboxylic acids is 2. The van der Waals surface area contributed by atoms with E-state index >= 15 is 0 Å². The smallest absolute Gasteiger partial charge is 0.225 e. The van der Waals surface area contributed by atoms with Gasteiger partial charge in [0.15, 0.2) is 0 Å². The Kier molecular flexibility index (Phi) is 4.45. The van der Waals surface area contributed by atoms with Crippen LogP contribution in [0.4, 0.5) is 0 Å². The van der Waals surface area contributed by atoms with Gasteiger partial charge in [0.05, 0.1) is 12.5 Å². The minimum atomic E-state index is -1.08. The Hall–Kier alpha value is -1.40. The molecule has 2 amide bonds. The number of nitrogens with one attached hydrogen (secondary N) is 1. The summed E-state index contributed by atoms with van der Waals surface area (Å²) >= 11 is 1.51. The van der Waals surface area contributed by atoms with Crippen molar-refractivity contribution in [2.45, 2.75) is 25.9 Å². The molecule has 0 radical (unpaired) electrons. The van der Waals surface area contributed by atoms with Crippen molar-refractivity contribution in [3.05, 3.63) is 22.4 Å². The molecular formula is C14H20N2O3S. The van der Waals surface area contributed by atoms with Crippen LogP contribution in [0.5, 0.6) is 0 Å². The van der Waals surface area contributed by atoms with E-state index in [2.05, 4.69) is 5.32 Å². The second-order valence-electron chi connectivity index (χ2n) is 5.34. The van der Waals surface area contributed by atoms with Gasteiger partial charge in [0.1, 0.15) is 5.60 Å². The largest absolute Gasteiger partial charge is 0.384 e. The Bertz CT molecular complexity index is 485. The standard InChI is InChI=1S/C14H20N2O3S/c1-3-16-7-10(6-12(16)17)13(18)15-9-14(2,19)11-4-5-20-8-11/h4-5,8,10,19H,3,6-7,9H2,1-2H3,(H,15,18). The maximum Gasteiger partial charge on any atom is 0.225 e. The first-order valence-electron chi connectivity index (χ1n) is 6.74. The molecule has 2 unspecified atom stereocenters. The lowest BCUT2D eigenvalue weighted by Gasteiger charge is -2.23. The highest BCUT2D eigenvalue weighted by Gasteiger charge is 2.34. The first kappa shape index (κ1) is 15.0. The van der Waals surface area contributed by atoms with Crippen molar-refractivity contribution in [1.29, 1.82) is 0 Å². The van der Waals surface area contributed by atoms with E-state index in [1.165, 1.54) is 11.3 Å². The van der Waals surface area contributed by atoms with Crippen molar-refractivity contribution in [1.82, 2.24) is 10.2 Å². The lowest BCUT2D eigenvalue weighted by Crippen LogP contribution is -2.41. The predicted molar refractivity (Wildman–Crippen MR) is 77.3 cm³/mol. The summed E-state index contributed by atoms with van der Waals surface area (Å²) in [6.45, 7) is 4.84. The van der Waals surface area contributed by atoms with Crippen molar-refractivity contribution in [3.8, 4) is 0 Å². The molecule has 2 atom stereocenters. The number of carbonyl (C=O) groups is 2. The molecule has 6 heteroatoms. The molecule has 20 heavy (non-hydrogen) atoms. The van der Waals surface area contributed by atoms with Gasteiger partial charge in [-0.2, -0.15) is 11.3 Å². The van der Waals surface area contributed by atoms with Gasteiger partial charge in [0.2, 0.25) is 11.8 Å². The average molecular weight is 296 g/mol. The van der Waals surface area contributed by atoms with Crippen LogP contribution >= 0.6 is 11.3 Å². The van der Waals surface area contributed by atoms with E-state index in [1.807, 2.05) is 23.8 Å². The average Bonchev–Trinajstić information content (AvgIpc) is 3.05. The van der Waals surface area contributed by atoms with Crippen LogP contribution in [0.3, 0.4) is 0 Å². The Labute approximate surface area is 122 Å². The first-order chi connectivity index (χ1) is 9.44. The number of amides is 2. The third kappa shape index (κ3) is 3.19. The van der Waals surface area contributed by atoms with Crippen molar-refractivity contribution >= 4 is 23.2 Å². The minimum absolute atomic E-state index is 0.0252. The Balaban J connectivity index is 1.88. The number of hydrogen-bond donors (Lipinski definition) is 2. The Morgan fingerprint density at radius 1 is 1.65 bits per heavy atom. The van der Waals surface area contributed by atoms with Gasteiger partial charge in [0, 0.05) is 19.5 Å². The third-order valence-electron chi connectivity index (χ3n) is 3.72. The normalized spacial score (nSPS) is 21.9. The molecule has 1 aliphatic heterocycles. The van der Waals surface area contributed by atoms with Crippen LogP contribution in [0.1, 0.15) is 25.8 Å². The van der Waals surface area contributed by atoms with Crippen LogP contribution in [-0.2, 0) is 15.2 Å². The van der Waals surface area contributed by atoms with Crippen LogP contribution in [-0.4, -0.2) is 41.5 Å². The summed E-state index contributed by atoms with van der Waals surface area (Å²) < 4.78 is 0. The van der Waals surface area contributed by atoms with Crippen LogP contribution in [0.15, 0.2) is 16.8 Å². The zero-order chi connectivity index (χ0) is 14.8. The molecule has 0 spiro atoms. The molecule has 0 saturated carbocycles. The Morgan fingerprint density at radius 3 is 2.95 bits per heavy atom. The van der Waals surface area contributed by atoms with E-state index in [4.69, 9.17) is 0 Å². The van der Waals surface area contributed by atoms with Crippen molar-refractivity contribution < 1.29 is 14.7 Å². The molecule has 0 bridgehead atoms. The van der Waals surface area contributed by atoms with Gasteiger partial charge in [-0.3, -0.25) is 9.59 Å². The zero-order valence-electron chi connectivity index (χ0n) is 11.8. The number of rotatable bonds is 5. The van der Waals surface area contributed by atoms with Gasteiger partial charge < -0.3 is 15.3 Å². The number of thiophene rings is 1. The SMILES string of the molecule is CCN1CC(C(=O)NCC(C)(O)c2ccsc2)CC1=O. The summed E-state index contributed by atoms with van der Waals surface area (Å²) in [7, 11) is 0. The monoisotopic (exact) mass is 296 g/mol. The molecule has 0 aliphatic carbocycles. The van der Waals surface area contributed by atoms with Crippen LogP contribution in [0, 0.1) is 5.92 Å². The van der Waals surface area contributed by atoms with Gasteiger partial charge in [-0.15, -0.1) is 0 Å². The molecule has 2 N–H and O–H groups in total. The predicted octanol–water partition coefficient (Wildman–Crippen LogP) is 0.940.